The second-order valence-corrected chi connectivity index (χ2v) is 5.52. The first kappa shape index (κ1) is 18.4. The average molecular weight is 345 g/mol. The number of carbonyl (C=O) groups excluding carboxylic acids is 2. The molecule has 0 fully saturated rings. The van der Waals surface area contributed by atoms with E-state index in [0.717, 1.165) is 5.56 Å². The van der Waals surface area contributed by atoms with Crippen LogP contribution >= 0.6 is 0 Å². The summed E-state index contributed by atoms with van der Waals surface area (Å²) >= 11 is 0. The Kier molecular flexibility index (Phi) is 6.51. The molecule has 0 radical (unpaired) electrons. The first-order chi connectivity index (χ1) is 12.0. The van der Waals surface area contributed by atoms with E-state index >= 15 is 0 Å². The van der Waals surface area contributed by atoms with Gasteiger partial charge in [0.2, 0.25) is 5.91 Å². The number of methoxy groups -OCH3 is 1. The summed E-state index contributed by atoms with van der Waals surface area (Å²) in [7, 11) is 1.56. The number of rotatable bonds is 7. The van der Waals surface area contributed by atoms with E-state index in [9.17, 15) is 14.0 Å². The van der Waals surface area contributed by atoms with E-state index in [1.165, 1.54) is 19.1 Å². The SMILES string of the molecule is COc1ccc(C(CC(=O)OCc2cccc(F)c2)NC(C)=O)cc1. The van der Waals surface area contributed by atoms with Gasteiger partial charge in [-0.3, -0.25) is 9.59 Å². The monoisotopic (exact) mass is 345 g/mol. The van der Waals surface area contributed by atoms with Crippen molar-refractivity contribution >= 4 is 11.9 Å². The molecular formula is C19H20FNO4. The van der Waals surface area contributed by atoms with Gasteiger partial charge in [-0.1, -0.05) is 24.3 Å². The Hall–Kier alpha value is -2.89. The molecule has 0 aliphatic carbocycles. The fourth-order valence-corrected chi connectivity index (χ4v) is 2.35. The zero-order valence-corrected chi connectivity index (χ0v) is 14.1. The van der Waals surface area contributed by atoms with E-state index in [1.54, 1.807) is 43.5 Å². The molecule has 0 saturated heterocycles. The molecule has 2 rings (SSSR count). The fourth-order valence-electron chi connectivity index (χ4n) is 2.35. The molecule has 1 amide bonds. The largest absolute Gasteiger partial charge is 0.497 e. The Morgan fingerprint density at radius 2 is 1.88 bits per heavy atom. The number of carbonyl (C=O) groups is 2. The Morgan fingerprint density at radius 1 is 1.16 bits per heavy atom. The predicted octanol–water partition coefficient (Wildman–Crippen LogP) is 3.15. The smallest absolute Gasteiger partial charge is 0.308 e. The van der Waals surface area contributed by atoms with Gasteiger partial charge in [0.1, 0.15) is 18.2 Å². The minimum atomic E-state index is -0.511. The van der Waals surface area contributed by atoms with Crippen LogP contribution < -0.4 is 10.1 Å². The van der Waals surface area contributed by atoms with Gasteiger partial charge in [-0.2, -0.15) is 0 Å². The number of hydrogen-bond acceptors (Lipinski definition) is 4. The van der Waals surface area contributed by atoms with Crippen LogP contribution in [-0.4, -0.2) is 19.0 Å². The third-order valence-corrected chi connectivity index (χ3v) is 3.56. The van der Waals surface area contributed by atoms with Crippen LogP contribution in [0, 0.1) is 5.82 Å². The maximum absolute atomic E-state index is 13.1. The van der Waals surface area contributed by atoms with Crippen molar-refractivity contribution in [1.29, 1.82) is 0 Å². The van der Waals surface area contributed by atoms with Crippen LogP contribution in [0.15, 0.2) is 48.5 Å². The van der Waals surface area contributed by atoms with Gasteiger partial charge in [-0.05, 0) is 35.4 Å². The standard InChI is InChI=1S/C19H20FNO4/c1-13(22)21-18(15-6-8-17(24-2)9-7-15)11-19(23)25-12-14-4-3-5-16(20)10-14/h3-10,18H,11-12H2,1-2H3,(H,21,22). The minimum Gasteiger partial charge on any atom is -0.497 e. The van der Waals surface area contributed by atoms with Crippen molar-refractivity contribution in [2.24, 2.45) is 0 Å². The summed E-state index contributed by atoms with van der Waals surface area (Å²) in [4.78, 5) is 23.5. The van der Waals surface area contributed by atoms with E-state index in [2.05, 4.69) is 5.32 Å². The van der Waals surface area contributed by atoms with Crippen LogP contribution in [0.1, 0.15) is 30.5 Å². The van der Waals surface area contributed by atoms with Crippen molar-refractivity contribution in [3.8, 4) is 5.75 Å². The molecule has 25 heavy (non-hydrogen) atoms. The maximum Gasteiger partial charge on any atom is 0.308 e. The normalized spacial score (nSPS) is 11.5. The summed E-state index contributed by atoms with van der Waals surface area (Å²) in [5, 5.41) is 2.73. The molecule has 132 valence electrons. The number of halogens is 1. The zero-order chi connectivity index (χ0) is 18.2. The highest BCUT2D eigenvalue weighted by Gasteiger charge is 2.18. The lowest BCUT2D eigenvalue weighted by Crippen LogP contribution is -2.28. The molecule has 0 spiro atoms. The number of benzene rings is 2. The highest BCUT2D eigenvalue weighted by molar-refractivity contribution is 5.76. The van der Waals surface area contributed by atoms with Crippen LogP contribution in [0.25, 0.3) is 0 Å². The molecule has 0 aliphatic heterocycles. The first-order valence-corrected chi connectivity index (χ1v) is 7.79. The third kappa shape index (κ3) is 5.91. The Morgan fingerprint density at radius 3 is 2.48 bits per heavy atom. The summed E-state index contributed by atoms with van der Waals surface area (Å²) < 4.78 is 23.4. The van der Waals surface area contributed by atoms with Gasteiger partial charge in [0.15, 0.2) is 0 Å². The maximum atomic E-state index is 13.1. The van der Waals surface area contributed by atoms with Gasteiger partial charge in [0.05, 0.1) is 19.6 Å². The summed E-state index contributed by atoms with van der Waals surface area (Å²) in [5.41, 5.74) is 1.33. The number of amides is 1. The molecule has 1 unspecified atom stereocenters. The van der Waals surface area contributed by atoms with E-state index in [1.807, 2.05) is 0 Å². The summed E-state index contributed by atoms with van der Waals surface area (Å²) in [6, 6.07) is 12.4. The van der Waals surface area contributed by atoms with Gasteiger partial charge in [-0.25, -0.2) is 4.39 Å². The minimum absolute atomic E-state index is 0.0218. The van der Waals surface area contributed by atoms with Crippen molar-refractivity contribution in [2.45, 2.75) is 26.0 Å². The average Bonchev–Trinajstić information content (AvgIpc) is 2.59. The highest BCUT2D eigenvalue weighted by Crippen LogP contribution is 2.21. The molecular weight excluding hydrogens is 325 g/mol. The van der Waals surface area contributed by atoms with E-state index in [-0.39, 0.29) is 24.8 Å². The topological polar surface area (TPSA) is 64.6 Å². The third-order valence-electron chi connectivity index (χ3n) is 3.56. The van der Waals surface area contributed by atoms with Crippen molar-refractivity contribution in [1.82, 2.24) is 5.32 Å². The Labute approximate surface area is 145 Å². The number of hydrogen-bond donors (Lipinski definition) is 1. The molecule has 0 aromatic heterocycles. The summed E-state index contributed by atoms with van der Waals surface area (Å²) in [6.45, 7) is 1.36. The molecule has 1 N–H and O–H groups in total. The summed E-state index contributed by atoms with van der Waals surface area (Å²) in [5.74, 6) is -0.445. The number of nitrogens with one attached hydrogen (secondary N) is 1. The predicted molar refractivity (Wildman–Crippen MR) is 90.4 cm³/mol. The lowest BCUT2D eigenvalue weighted by molar-refractivity contribution is -0.145. The Bertz CT molecular complexity index is 730. The molecule has 0 aliphatic rings. The Balaban J connectivity index is 2.00. The second-order valence-electron chi connectivity index (χ2n) is 5.52. The van der Waals surface area contributed by atoms with Gasteiger partial charge < -0.3 is 14.8 Å². The fraction of sp³-hybridized carbons (Fsp3) is 0.263. The van der Waals surface area contributed by atoms with Crippen LogP contribution in [0.3, 0.4) is 0 Å². The van der Waals surface area contributed by atoms with Crippen LogP contribution in [-0.2, 0) is 20.9 Å². The van der Waals surface area contributed by atoms with E-state index in [4.69, 9.17) is 9.47 Å². The van der Waals surface area contributed by atoms with Crippen LogP contribution in [0.4, 0.5) is 4.39 Å². The molecule has 2 aromatic rings. The lowest BCUT2D eigenvalue weighted by atomic mass is 10.0. The molecule has 1 atom stereocenters. The van der Waals surface area contributed by atoms with Crippen molar-refractivity contribution < 1.29 is 23.5 Å². The number of esters is 1. The van der Waals surface area contributed by atoms with Gasteiger partial charge in [0.25, 0.3) is 0 Å². The first-order valence-electron chi connectivity index (χ1n) is 7.79. The number of ether oxygens (including phenoxy) is 2. The van der Waals surface area contributed by atoms with Crippen molar-refractivity contribution in [3.05, 3.63) is 65.5 Å². The van der Waals surface area contributed by atoms with E-state index in [0.29, 0.717) is 11.3 Å². The second kappa shape index (κ2) is 8.82. The molecule has 0 saturated carbocycles. The van der Waals surface area contributed by atoms with Gasteiger partial charge in [-0.15, -0.1) is 0 Å². The summed E-state index contributed by atoms with van der Waals surface area (Å²) in [6.07, 6.45) is -0.0266. The molecule has 0 heterocycles. The van der Waals surface area contributed by atoms with Crippen LogP contribution in [0.2, 0.25) is 0 Å². The quantitative estimate of drug-likeness (QED) is 0.783. The van der Waals surface area contributed by atoms with Gasteiger partial charge in [0, 0.05) is 6.92 Å². The van der Waals surface area contributed by atoms with Crippen LogP contribution in [0.5, 0.6) is 5.75 Å². The van der Waals surface area contributed by atoms with Crippen molar-refractivity contribution in [2.75, 3.05) is 7.11 Å². The van der Waals surface area contributed by atoms with Crippen molar-refractivity contribution in [3.63, 3.8) is 0 Å². The lowest BCUT2D eigenvalue weighted by Gasteiger charge is -2.18. The molecule has 6 heteroatoms. The van der Waals surface area contributed by atoms with Gasteiger partial charge >= 0.3 is 5.97 Å². The molecule has 2 aromatic carbocycles. The van der Waals surface area contributed by atoms with E-state index < -0.39 is 12.0 Å². The molecule has 0 bridgehead atoms. The highest BCUT2D eigenvalue weighted by atomic mass is 19.1. The zero-order valence-electron chi connectivity index (χ0n) is 14.1. The molecule has 5 nitrogen and oxygen atoms in total.